The predicted octanol–water partition coefficient (Wildman–Crippen LogP) is 8.45. The van der Waals surface area contributed by atoms with Gasteiger partial charge >= 0.3 is 0 Å². The highest BCUT2D eigenvalue weighted by Crippen LogP contribution is 2.16. The van der Waals surface area contributed by atoms with E-state index in [4.69, 9.17) is 0 Å². The average molecular weight is 305 g/mol. The van der Waals surface area contributed by atoms with Crippen LogP contribution in [0.25, 0.3) is 0 Å². The van der Waals surface area contributed by atoms with Crippen LogP contribution < -0.4 is 0 Å². The fourth-order valence-corrected chi connectivity index (χ4v) is 3.18. The molecule has 0 unspecified atom stereocenters. The summed E-state index contributed by atoms with van der Waals surface area (Å²) in [5.41, 5.74) is 0. The third-order valence-corrected chi connectivity index (χ3v) is 4.50. The second kappa shape index (κ2) is 22.2. The molecule has 0 bridgehead atoms. The molecule has 0 saturated heterocycles. The molecule has 1 heteroatoms. The van der Waals surface area contributed by atoms with Crippen molar-refractivity contribution in [2.75, 3.05) is 0 Å². The van der Waals surface area contributed by atoms with Gasteiger partial charge < -0.3 is 0 Å². The quantitative estimate of drug-likeness (QED) is 0.421. The highest BCUT2D eigenvalue weighted by Gasteiger charge is 1.96. The minimum Gasteiger partial charge on any atom is -0.269 e. The van der Waals surface area contributed by atoms with Gasteiger partial charge in [-0.25, -0.2) is 0 Å². The zero-order valence-electron chi connectivity index (χ0n) is 13.1. The first-order valence-electron chi connectivity index (χ1n) is 9.00. The summed E-state index contributed by atoms with van der Waals surface area (Å²) in [5, 5.41) is 0. The van der Waals surface area contributed by atoms with Gasteiger partial charge in [0.2, 0.25) is 0 Å². The molecule has 3 fully saturated rings. The number of halogens is 1. The van der Waals surface area contributed by atoms with E-state index in [0.29, 0.717) is 0 Å². The molecule has 3 aliphatic carbocycles. The van der Waals surface area contributed by atoms with Crippen molar-refractivity contribution in [3.05, 3.63) is 0 Å². The Morgan fingerprint density at radius 2 is 0.238 bits per heavy atom. The SMILES string of the molecule is C.C.C1CCCCC1.C1CCCCC1.C1CCCCC1.F. The summed E-state index contributed by atoms with van der Waals surface area (Å²) in [6, 6.07) is 0. The summed E-state index contributed by atoms with van der Waals surface area (Å²) in [4.78, 5) is 0. The van der Waals surface area contributed by atoms with E-state index >= 15 is 0 Å². The van der Waals surface area contributed by atoms with E-state index in [-0.39, 0.29) is 19.6 Å². The number of rotatable bonds is 0. The van der Waals surface area contributed by atoms with Gasteiger partial charge in [0.1, 0.15) is 0 Å². The molecule has 0 aliphatic heterocycles. The standard InChI is InChI=1S/3C6H12.2CH4.FH/c3*1-2-4-6-5-3-1;;;/h3*1-6H2;2*1H4;1H. The second-order valence-electron chi connectivity index (χ2n) is 6.36. The molecule has 0 aromatic heterocycles. The van der Waals surface area contributed by atoms with Crippen molar-refractivity contribution < 1.29 is 4.70 Å². The van der Waals surface area contributed by atoms with Crippen LogP contribution in [0.2, 0.25) is 0 Å². The van der Waals surface area contributed by atoms with E-state index in [9.17, 15) is 0 Å². The fourth-order valence-electron chi connectivity index (χ4n) is 3.18. The first-order chi connectivity index (χ1) is 9.00. The molecule has 0 aromatic rings. The molecule has 0 atom stereocenters. The minimum absolute atomic E-state index is 0. The van der Waals surface area contributed by atoms with E-state index < -0.39 is 0 Å². The summed E-state index contributed by atoms with van der Waals surface area (Å²) >= 11 is 0. The van der Waals surface area contributed by atoms with Crippen LogP contribution in [0, 0.1) is 0 Å². The predicted molar refractivity (Wildman–Crippen MR) is 99.1 cm³/mol. The van der Waals surface area contributed by atoms with Gasteiger partial charge in [0.25, 0.3) is 0 Å². The van der Waals surface area contributed by atoms with Crippen LogP contribution in [-0.2, 0) is 0 Å². The van der Waals surface area contributed by atoms with Gasteiger partial charge in [-0.1, -0.05) is 130 Å². The lowest BCUT2D eigenvalue weighted by atomic mass is 10.0. The van der Waals surface area contributed by atoms with Crippen LogP contribution in [0.4, 0.5) is 4.70 Å². The van der Waals surface area contributed by atoms with Crippen molar-refractivity contribution in [2.24, 2.45) is 0 Å². The second-order valence-corrected chi connectivity index (χ2v) is 6.36. The van der Waals surface area contributed by atoms with Crippen molar-refractivity contribution in [1.82, 2.24) is 0 Å². The molecular formula is C20H45F. The Morgan fingerprint density at radius 3 is 0.286 bits per heavy atom. The number of hydrogen-bond acceptors (Lipinski definition) is 0. The van der Waals surface area contributed by atoms with Crippen molar-refractivity contribution in [3.63, 3.8) is 0 Å². The lowest BCUT2D eigenvalue weighted by Gasteiger charge is -2.05. The summed E-state index contributed by atoms with van der Waals surface area (Å²) in [6.07, 6.45) is 27.0. The molecule has 0 aromatic carbocycles. The smallest absolute Gasteiger partial charge is 0.0533 e. The third-order valence-electron chi connectivity index (χ3n) is 4.50. The Labute approximate surface area is 135 Å². The molecule has 0 heterocycles. The largest absolute Gasteiger partial charge is 0.269 e. The highest BCUT2D eigenvalue weighted by atomic mass is 19.0. The Bertz CT molecular complexity index is 80.9. The molecule has 0 nitrogen and oxygen atoms in total. The van der Waals surface area contributed by atoms with E-state index in [1.807, 2.05) is 0 Å². The maximum Gasteiger partial charge on any atom is -0.0533 e. The molecule has 0 spiro atoms. The molecule has 3 rings (SSSR count). The fraction of sp³-hybridized carbons (Fsp3) is 1.00. The normalized spacial score (nSPS) is 20.6. The molecule has 21 heavy (non-hydrogen) atoms. The zero-order valence-corrected chi connectivity index (χ0v) is 13.1. The van der Waals surface area contributed by atoms with Gasteiger partial charge in [0.15, 0.2) is 0 Å². The van der Waals surface area contributed by atoms with Crippen LogP contribution in [0.5, 0.6) is 0 Å². The molecule has 3 aliphatic rings. The van der Waals surface area contributed by atoms with Crippen molar-refractivity contribution in [1.29, 1.82) is 0 Å². The Balaban J connectivity index is -0.000000216. The molecule has 3 saturated carbocycles. The molecule has 0 amide bonds. The van der Waals surface area contributed by atoms with Gasteiger partial charge in [-0.15, -0.1) is 0 Å². The van der Waals surface area contributed by atoms with Crippen molar-refractivity contribution >= 4 is 0 Å². The third kappa shape index (κ3) is 19.9. The first kappa shape index (κ1) is 25.9. The topological polar surface area (TPSA) is 0 Å². The first-order valence-corrected chi connectivity index (χ1v) is 9.00. The van der Waals surface area contributed by atoms with E-state index in [2.05, 4.69) is 0 Å². The maximum absolute atomic E-state index is 1.50. The van der Waals surface area contributed by atoms with E-state index in [1.54, 1.807) is 0 Å². The van der Waals surface area contributed by atoms with Crippen LogP contribution in [0.1, 0.15) is 130 Å². The highest BCUT2D eigenvalue weighted by molar-refractivity contribution is 4.52. The van der Waals surface area contributed by atoms with Crippen molar-refractivity contribution in [2.45, 2.75) is 130 Å². The average Bonchev–Trinajstić information content (AvgIpc) is 2.54. The molecule has 0 radical (unpaired) electrons. The monoisotopic (exact) mass is 304 g/mol. The Hall–Kier alpha value is -0.0700. The summed E-state index contributed by atoms with van der Waals surface area (Å²) in [7, 11) is 0. The van der Waals surface area contributed by atoms with Gasteiger partial charge in [0, 0.05) is 0 Å². The lowest BCUT2D eigenvalue weighted by Crippen LogP contribution is -1.85. The minimum atomic E-state index is 0. The summed E-state index contributed by atoms with van der Waals surface area (Å²) < 4.78 is 0. The Kier molecular flexibility index (Phi) is 27.4. The molecule has 132 valence electrons. The van der Waals surface area contributed by atoms with E-state index in [0.717, 1.165) is 0 Å². The maximum atomic E-state index is 1.50. The van der Waals surface area contributed by atoms with Crippen LogP contribution in [0.3, 0.4) is 0 Å². The van der Waals surface area contributed by atoms with E-state index in [1.165, 1.54) is 116 Å². The van der Waals surface area contributed by atoms with Gasteiger partial charge in [-0.2, -0.15) is 0 Å². The summed E-state index contributed by atoms with van der Waals surface area (Å²) in [6.45, 7) is 0. The van der Waals surface area contributed by atoms with Gasteiger partial charge in [-0.3, -0.25) is 4.70 Å². The zero-order chi connectivity index (χ0) is 12.7. The molecular weight excluding hydrogens is 259 g/mol. The van der Waals surface area contributed by atoms with Crippen molar-refractivity contribution in [3.8, 4) is 0 Å². The molecule has 0 N–H and O–H groups in total. The van der Waals surface area contributed by atoms with Crippen LogP contribution in [0.15, 0.2) is 0 Å². The summed E-state index contributed by atoms with van der Waals surface area (Å²) in [5.74, 6) is 0. The van der Waals surface area contributed by atoms with Crippen LogP contribution >= 0.6 is 0 Å². The van der Waals surface area contributed by atoms with Gasteiger partial charge in [0.05, 0.1) is 0 Å². The van der Waals surface area contributed by atoms with Crippen LogP contribution in [-0.4, -0.2) is 0 Å². The number of hydrogen-bond donors (Lipinski definition) is 0. The Morgan fingerprint density at radius 1 is 0.190 bits per heavy atom. The lowest BCUT2D eigenvalue weighted by molar-refractivity contribution is 0.504. The van der Waals surface area contributed by atoms with Gasteiger partial charge in [-0.05, 0) is 0 Å².